The van der Waals surface area contributed by atoms with Crippen molar-refractivity contribution in [2.75, 3.05) is 4.72 Å². The summed E-state index contributed by atoms with van der Waals surface area (Å²) in [5.41, 5.74) is 2.87. The molecule has 4 aromatic rings. The Hall–Kier alpha value is -3.16. The molecule has 0 unspecified atom stereocenters. The zero-order valence-corrected chi connectivity index (χ0v) is 16.9. The lowest BCUT2D eigenvalue weighted by molar-refractivity contribution is 0.584. The fourth-order valence-electron chi connectivity index (χ4n) is 2.66. The van der Waals surface area contributed by atoms with Gasteiger partial charge in [0.05, 0.1) is 4.90 Å². The zero-order chi connectivity index (χ0) is 20.4. The number of benzene rings is 3. The predicted molar refractivity (Wildman–Crippen MR) is 112 cm³/mol. The summed E-state index contributed by atoms with van der Waals surface area (Å²) in [6, 6.07) is 20.5. The van der Waals surface area contributed by atoms with Gasteiger partial charge in [-0.05, 0) is 67.6 Å². The fraction of sp³-hybridized carbons (Fsp3) is 0.0476. The van der Waals surface area contributed by atoms with Crippen LogP contribution in [0, 0.1) is 6.92 Å². The molecule has 0 fully saturated rings. The molecule has 0 aliphatic carbocycles. The molecule has 29 heavy (non-hydrogen) atoms. The van der Waals surface area contributed by atoms with Gasteiger partial charge >= 0.3 is 0 Å². The van der Waals surface area contributed by atoms with Gasteiger partial charge in [0.25, 0.3) is 10.0 Å². The van der Waals surface area contributed by atoms with Crippen molar-refractivity contribution in [3.8, 4) is 22.9 Å². The Morgan fingerprint density at radius 2 is 1.31 bits per heavy atom. The van der Waals surface area contributed by atoms with E-state index in [1.807, 2.05) is 6.92 Å². The van der Waals surface area contributed by atoms with E-state index >= 15 is 0 Å². The lowest BCUT2D eigenvalue weighted by Crippen LogP contribution is -2.12. The highest BCUT2D eigenvalue weighted by atomic mass is 35.5. The largest absolute Gasteiger partial charge is 0.416 e. The van der Waals surface area contributed by atoms with Crippen LogP contribution in [-0.2, 0) is 10.0 Å². The third-order valence-electron chi connectivity index (χ3n) is 4.23. The maximum atomic E-state index is 12.5. The molecular formula is C21H16ClN3O3S. The number of anilines is 1. The molecule has 0 atom stereocenters. The van der Waals surface area contributed by atoms with Crippen molar-refractivity contribution in [1.29, 1.82) is 0 Å². The molecule has 1 aromatic heterocycles. The number of rotatable bonds is 5. The molecule has 0 bridgehead atoms. The molecule has 146 valence electrons. The summed E-state index contributed by atoms with van der Waals surface area (Å²) in [5.74, 6) is 0.712. The third-order valence-corrected chi connectivity index (χ3v) is 5.88. The van der Waals surface area contributed by atoms with Crippen LogP contribution < -0.4 is 4.72 Å². The van der Waals surface area contributed by atoms with Gasteiger partial charge in [-0.15, -0.1) is 10.2 Å². The number of aryl methyl sites for hydroxylation is 1. The minimum atomic E-state index is -3.66. The average molecular weight is 426 g/mol. The number of hydrogen-bond donors (Lipinski definition) is 1. The Bertz CT molecular complexity index is 1230. The zero-order valence-electron chi connectivity index (χ0n) is 15.3. The van der Waals surface area contributed by atoms with Crippen LogP contribution >= 0.6 is 11.6 Å². The summed E-state index contributed by atoms with van der Waals surface area (Å²) >= 11 is 5.89. The molecule has 6 nitrogen and oxygen atoms in total. The third kappa shape index (κ3) is 4.31. The van der Waals surface area contributed by atoms with E-state index in [0.717, 1.165) is 11.1 Å². The van der Waals surface area contributed by atoms with E-state index in [1.165, 1.54) is 0 Å². The molecule has 0 aliphatic rings. The molecule has 0 amide bonds. The van der Waals surface area contributed by atoms with Crippen LogP contribution in [0.25, 0.3) is 22.9 Å². The van der Waals surface area contributed by atoms with Crippen molar-refractivity contribution >= 4 is 27.3 Å². The minimum Gasteiger partial charge on any atom is -0.416 e. The molecule has 1 heterocycles. The van der Waals surface area contributed by atoms with Gasteiger partial charge in [0.15, 0.2) is 0 Å². The molecular weight excluding hydrogens is 410 g/mol. The quantitative estimate of drug-likeness (QED) is 0.477. The van der Waals surface area contributed by atoms with Crippen molar-refractivity contribution in [1.82, 2.24) is 10.2 Å². The molecule has 4 rings (SSSR count). The van der Waals surface area contributed by atoms with Crippen LogP contribution in [0.1, 0.15) is 5.56 Å². The first-order valence-electron chi connectivity index (χ1n) is 8.70. The van der Waals surface area contributed by atoms with Crippen LogP contribution in [-0.4, -0.2) is 18.6 Å². The van der Waals surface area contributed by atoms with Gasteiger partial charge in [-0.1, -0.05) is 29.3 Å². The number of aromatic nitrogens is 2. The normalized spacial score (nSPS) is 11.4. The van der Waals surface area contributed by atoms with Crippen molar-refractivity contribution in [2.45, 2.75) is 11.8 Å². The average Bonchev–Trinajstić information content (AvgIpc) is 3.19. The van der Waals surface area contributed by atoms with Gasteiger partial charge < -0.3 is 4.42 Å². The molecule has 0 radical (unpaired) electrons. The number of sulfonamides is 1. The Kier molecular flexibility index (Phi) is 5.08. The van der Waals surface area contributed by atoms with Gasteiger partial charge in [-0.25, -0.2) is 8.42 Å². The van der Waals surface area contributed by atoms with E-state index < -0.39 is 10.0 Å². The second-order valence-electron chi connectivity index (χ2n) is 6.42. The second kappa shape index (κ2) is 7.69. The van der Waals surface area contributed by atoms with Crippen molar-refractivity contribution < 1.29 is 12.8 Å². The van der Waals surface area contributed by atoms with Crippen molar-refractivity contribution in [2.24, 2.45) is 0 Å². The molecule has 0 saturated heterocycles. The van der Waals surface area contributed by atoms with E-state index in [-0.39, 0.29) is 4.90 Å². The Labute approximate surface area is 173 Å². The first kappa shape index (κ1) is 19.2. The van der Waals surface area contributed by atoms with Crippen molar-refractivity contribution in [3.05, 3.63) is 83.4 Å². The number of halogens is 1. The fourth-order valence-corrected chi connectivity index (χ4v) is 3.85. The van der Waals surface area contributed by atoms with E-state index in [0.29, 0.717) is 28.1 Å². The lowest BCUT2D eigenvalue weighted by Gasteiger charge is -2.08. The second-order valence-corrected chi connectivity index (χ2v) is 8.53. The lowest BCUT2D eigenvalue weighted by atomic mass is 10.2. The summed E-state index contributed by atoms with van der Waals surface area (Å²) < 4.78 is 33.3. The number of nitrogens with zero attached hydrogens (tertiary/aromatic N) is 2. The summed E-state index contributed by atoms with van der Waals surface area (Å²) in [5, 5.41) is 8.73. The SMILES string of the molecule is Cc1ccc(S(=O)(=O)Nc2ccc(-c3nnc(-c4ccc(Cl)cc4)o3)cc2)cc1. The smallest absolute Gasteiger partial charge is 0.261 e. The Balaban J connectivity index is 1.52. The molecule has 3 aromatic carbocycles. The Morgan fingerprint density at radius 3 is 1.86 bits per heavy atom. The topological polar surface area (TPSA) is 85.1 Å². The van der Waals surface area contributed by atoms with Gasteiger partial charge in [-0.3, -0.25) is 4.72 Å². The highest BCUT2D eigenvalue weighted by molar-refractivity contribution is 7.92. The standard InChI is InChI=1S/C21H16ClN3O3S/c1-14-2-12-19(13-3-14)29(26,27)25-18-10-6-16(7-11-18)21-24-23-20(28-21)15-4-8-17(22)9-5-15/h2-13,25H,1H3. The van der Waals surface area contributed by atoms with E-state index in [4.69, 9.17) is 16.0 Å². The minimum absolute atomic E-state index is 0.205. The van der Waals surface area contributed by atoms with Crippen LogP contribution in [0.5, 0.6) is 0 Å². The maximum absolute atomic E-state index is 12.5. The van der Waals surface area contributed by atoms with Crippen molar-refractivity contribution in [3.63, 3.8) is 0 Å². The van der Waals surface area contributed by atoms with E-state index in [2.05, 4.69) is 14.9 Å². The molecule has 1 N–H and O–H groups in total. The van der Waals surface area contributed by atoms with E-state index in [9.17, 15) is 8.42 Å². The molecule has 0 aliphatic heterocycles. The van der Waals surface area contributed by atoms with Gasteiger partial charge in [-0.2, -0.15) is 0 Å². The number of nitrogens with one attached hydrogen (secondary N) is 1. The highest BCUT2D eigenvalue weighted by Crippen LogP contribution is 2.26. The molecule has 8 heteroatoms. The molecule has 0 saturated carbocycles. The van der Waals surface area contributed by atoms with Crippen LogP contribution in [0.2, 0.25) is 5.02 Å². The summed E-state index contributed by atoms with van der Waals surface area (Å²) in [6.07, 6.45) is 0. The highest BCUT2D eigenvalue weighted by Gasteiger charge is 2.15. The van der Waals surface area contributed by atoms with Crippen LogP contribution in [0.4, 0.5) is 5.69 Å². The Morgan fingerprint density at radius 1 is 0.793 bits per heavy atom. The van der Waals surface area contributed by atoms with Crippen LogP contribution in [0.15, 0.2) is 82.1 Å². The monoisotopic (exact) mass is 425 g/mol. The summed E-state index contributed by atoms with van der Waals surface area (Å²) in [6.45, 7) is 1.90. The van der Waals surface area contributed by atoms with Gasteiger partial charge in [0.2, 0.25) is 11.8 Å². The summed E-state index contributed by atoms with van der Waals surface area (Å²) in [4.78, 5) is 0.205. The van der Waals surface area contributed by atoms with Gasteiger partial charge in [0, 0.05) is 21.8 Å². The van der Waals surface area contributed by atoms with Gasteiger partial charge in [0.1, 0.15) is 0 Å². The van der Waals surface area contributed by atoms with E-state index in [1.54, 1.807) is 72.8 Å². The first-order valence-corrected chi connectivity index (χ1v) is 10.6. The maximum Gasteiger partial charge on any atom is 0.261 e. The molecule has 0 spiro atoms. The predicted octanol–water partition coefficient (Wildman–Crippen LogP) is 5.17. The first-order chi connectivity index (χ1) is 13.9. The van der Waals surface area contributed by atoms with Crippen LogP contribution in [0.3, 0.4) is 0 Å². The summed E-state index contributed by atoms with van der Waals surface area (Å²) in [7, 11) is -3.66. The number of hydrogen-bond acceptors (Lipinski definition) is 5.